The SMILES string of the molecule is Cc1ccc(C)c(NC(=O)[C@@H](NN(C)c2ccccc2)c2ccccc2)c1. The lowest BCUT2D eigenvalue weighted by Gasteiger charge is -2.27. The smallest absolute Gasteiger partial charge is 0.247 e. The number of hydrazine groups is 1. The maximum absolute atomic E-state index is 13.1. The van der Waals surface area contributed by atoms with Crippen molar-refractivity contribution in [2.45, 2.75) is 19.9 Å². The zero-order chi connectivity index (χ0) is 19.2. The number of nitrogens with zero attached hydrogens (tertiary/aromatic N) is 1. The summed E-state index contributed by atoms with van der Waals surface area (Å²) in [6, 6.07) is 25.2. The molecule has 1 amide bonds. The number of aryl methyl sites for hydroxylation is 2. The molecule has 0 saturated heterocycles. The number of hydrogen-bond donors (Lipinski definition) is 2. The molecule has 0 aliphatic carbocycles. The summed E-state index contributed by atoms with van der Waals surface area (Å²) in [5.74, 6) is -0.0994. The molecule has 0 aromatic heterocycles. The number of carbonyl (C=O) groups is 1. The largest absolute Gasteiger partial charge is 0.324 e. The fraction of sp³-hybridized carbons (Fsp3) is 0.174. The number of rotatable bonds is 6. The molecule has 0 aliphatic rings. The standard InChI is InChI=1S/C23H25N3O/c1-17-14-15-18(2)21(16-17)24-23(27)22(19-10-6-4-7-11-19)25-26(3)20-12-8-5-9-13-20/h4-16,22,25H,1-3H3,(H,24,27)/t22-/m0/s1. The van der Waals surface area contributed by atoms with Crippen molar-refractivity contribution >= 4 is 17.3 Å². The molecule has 0 heterocycles. The topological polar surface area (TPSA) is 44.4 Å². The van der Waals surface area contributed by atoms with Gasteiger partial charge in [-0.3, -0.25) is 4.79 Å². The molecule has 3 aromatic rings. The number of amides is 1. The van der Waals surface area contributed by atoms with Gasteiger partial charge in [-0.2, -0.15) is 0 Å². The van der Waals surface area contributed by atoms with Crippen molar-refractivity contribution in [2.75, 3.05) is 17.4 Å². The van der Waals surface area contributed by atoms with Crippen LogP contribution in [0.15, 0.2) is 78.9 Å². The van der Waals surface area contributed by atoms with Gasteiger partial charge in [-0.25, -0.2) is 5.43 Å². The van der Waals surface area contributed by atoms with Crippen molar-refractivity contribution < 1.29 is 4.79 Å². The van der Waals surface area contributed by atoms with Crippen molar-refractivity contribution in [3.63, 3.8) is 0 Å². The fourth-order valence-corrected chi connectivity index (χ4v) is 2.93. The normalized spacial score (nSPS) is 11.7. The first kappa shape index (κ1) is 18.7. The van der Waals surface area contributed by atoms with Crippen LogP contribution in [0.5, 0.6) is 0 Å². The summed E-state index contributed by atoms with van der Waals surface area (Å²) >= 11 is 0. The highest BCUT2D eigenvalue weighted by atomic mass is 16.2. The quantitative estimate of drug-likeness (QED) is 0.631. The Bertz CT molecular complexity index is 894. The first-order chi connectivity index (χ1) is 13.0. The van der Waals surface area contributed by atoms with E-state index in [1.165, 1.54) is 0 Å². The first-order valence-electron chi connectivity index (χ1n) is 9.02. The average Bonchev–Trinajstić information content (AvgIpc) is 2.70. The van der Waals surface area contributed by atoms with E-state index < -0.39 is 6.04 Å². The van der Waals surface area contributed by atoms with Crippen LogP contribution < -0.4 is 15.8 Å². The van der Waals surface area contributed by atoms with E-state index in [4.69, 9.17) is 0 Å². The van der Waals surface area contributed by atoms with Crippen molar-refractivity contribution in [2.24, 2.45) is 0 Å². The molecule has 3 aromatic carbocycles. The third kappa shape index (κ3) is 4.74. The van der Waals surface area contributed by atoms with Crippen molar-refractivity contribution in [3.8, 4) is 0 Å². The Balaban J connectivity index is 1.85. The van der Waals surface area contributed by atoms with E-state index in [0.29, 0.717) is 0 Å². The summed E-state index contributed by atoms with van der Waals surface area (Å²) in [7, 11) is 1.91. The lowest BCUT2D eigenvalue weighted by Crippen LogP contribution is -2.43. The summed E-state index contributed by atoms with van der Waals surface area (Å²) < 4.78 is 0. The van der Waals surface area contributed by atoms with Gasteiger partial charge in [-0.15, -0.1) is 0 Å². The highest BCUT2D eigenvalue weighted by molar-refractivity contribution is 5.96. The van der Waals surface area contributed by atoms with Gasteiger partial charge in [-0.1, -0.05) is 60.7 Å². The molecule has 0 spiro atoms. The molecular weight excluding hydrogens is 334 g/mol. The Morgan fingerprint density at radius 1 is 0.889 bits per heavy atom. The number of hydrogen-bond acceptors (Lipinski definition) is 3. The zero-order valence-corrected chi connectivity index (χ0v) is 15.9. The minimum Gasteiger partial charge on any atom is -0.324 e. The Labute approximate surface area is 160 Å². The minimum absolute atomic E-state index is 0.0994. The maximum Gasteiger partial charge on any atom is 0.247 e. The summed E-state index contributed by atoms with van der Waals surface area (Å²) in [5.41, 5.74) is 8.20. The van der Waals surface area contributed by atoms with E-state index in [1.54, 1.807) is 0 Å². The van der Waals surface area contributed by atoms with Crippen molar-refractivity contribution in [3.05, 3.63) is 95.6 Å². The number of nitrogens with one attached hydrogen (secondary N) is 2. The fourth-order valence-electron chi connectivity index (χ4n) is 2.93. The van der Waals surface area contributed by atoms with Crippen LogP contribution in [0.4, 0.5) is 11.4 Å². The van der Waals surface area contributed by atoms with Crippen LogP contribution in [0.2, 0.25) is 0 Å². The molecule has 0 fully saturated rings. The molecule has 0 unspecified atom stereocenters. The second kappa shape index (κ2) is 8.52. The van der Waals surface area contributed by atoms with Gasteiger partial charge in [0.2, 0.25) is 5.91 Å². The number of benzene rings is 3. The Morgan fingerprint density at radius 3 is 2.19 bits per heavy atom. The van der Waals surface area contributed by atoms with Crippen LogP contribution in [-0.4, -0.2) is 13.0 Å². The van der Waals surface area contributed by atoms with Gasteiger partial charge in [0, 0.05) is 12.7 Å². The van der Waals surface area contributed by atoms with E-state index in [2.05, 4.69) is 10.7 Å². The molecular formula is C23H25N3O. The lowest BCUT2D eigenvalue weighted by molar-refractivity contribution is -0.118. The van der Waals surface area contributed by atoms with Gasteiger partial charge >= 0.3 is 0 Å². The Kier molecular flexibility index (Phi) is 5.89. The van der Waals surface area contributed by atoms with Crippen LogP contribution in [0.25, 0.3) is 0 Å². The predicted octanol–water partition coefficient (Wildman–Crippen LogP) is 4.62. The van der Waals surface area contributed by atoms with Gasteiger partial charge in [-0.05, 0) is 48.7 Å². The lowest BCUT2D eigenvalue weighted by atomic mass is 10.1. The zero-order valence-electron chi connectivity index (χ0n) is 15.9. The molecule has 138 valence electrons. The molecule has 27 heavy (non-hydrogen) atoms. The van der Waals surface area contributed by atoms with Crippen molar-refractivity contribution in [1.29, 1.82) is 0 Å². The highest BCUT2D eigenvalue weighted by Gasteiger charge is 2.22. The summed E-state index contributed by atoms with van der Waals surface area (Å²) in [6.45, 7) is 4.02. The Morgan fingerprint density at radius 2 is 1.52 bits per heavy atom. The van der Waals surface area contributed by atoms with Gasteiger partial charge in [0.1, 0.15) is 6.04 Å². The monoisotopic (exact) mass is 359 g/mol. The van der Waals surface area contributed by atoms with E-state index in [-0.39, 0.29) is 5.91 Å². The van der Waals surface area contributed by atoms with Crippen LogP contribution in [-0.2, 0) is 4.79 Å². The van der Waals surface area contributed by atoms with Gasteiger partial charge in [0.15, 0.2) is 0 Å². The van der Waals surface area contributed by atoms with Crippen LogP contribution in [0, 0.1) is 13.8 Å². The Hall–Kier alpha value is -3.11. The van der Waals surface area contributed by atoms with E-state index in [9.17, 15) is 4.79 Å². The molecule has 2 N–H and O–H groups in total. The third-order valence-electron chi connectivity index (χ3n) is 4.51. The molecule has 4 nitrogen and oxygen atoms in total. The molecule has 4 heteroatoms. The second-order valence-corrected chi connectivity index (χ2v) is 6.67. The molecule has 3 rings (SSSR count). The minimum atomic E-state index is -0.517. The molecule has 0 saturated carbocycles. The first-order valence-corrected chi connectivity index (χ1v) is 9.02. The summed E-state index contributed by atoms with van der Waals surface area (Å²) in [5, 5.41) is 4.95. The van der Waals surface area contributed by atoms with Crippen LogP contribution >= 0.6 is 0 Å². The third-order valence-corrected chi connectivity index (χ3v) is 4.51. The number of para-hydroxylation sites is 1. The van der Waals surface area contributed by atoms with Crippen LogP contribution in [0.1, 0.15) is 22.7 Å². The van der Waals surface area contributed by atoms with Gasteiger partial charge in [0.25, 0.3) is 0 Å². The number of anilines is 2. The van der Waals surface area contributed by atoms with E-state index in [0.717, 1.165) is 28.1 Å². The predicted molar refractivity (Wildman–Crippen MR) is 112 cm³/mol. The summed E-state index contributed by atoms with van der Waals surface area (Å²) in [4.78, 5) is 13.1. The molecule has 0 aliphatic heterocycles. The van der Waals surface area contributed by atoms with E-state index in [1.807, 2.05) is 105 Å². The van der Waals surface area contributed by atoms with E-state index >= 15 is 0 Å². The van der Waals surface area contributed by atoms with Gasteiger partial charge in [0.05, 0.1) is 5.69 Å². The van der Waals surface area contributed by atoms with Crippen molar-refractivity contribution in [1.82, 2.24) is 5.43 Å². The molecule has 0 bridgehead atoms. The van der Waals surface area contributed by atoms with Gasteiger partial charge < -0.3 is 10.3 Å². The average molecular weight is 359 g/mol. The molecule has 1 atom stereocenters. The highest BCUT2D eigenvalue weighted by Crippen LogP contribution is 2.21. The molecule has 0 radical (unpaired) electrons. The summed E-state index contributed by atoms with van der Waals surface area (Å²) in [6.07, 6.45) is 0. The van der Waals surface area contributed by atoms with Crippen LogP contribution in [0.3, 0.4) is 0 Å². The maximum atomic E-state index is 13.1. The number of carbonyl (C=O) groups excluding carboxylic acids is 1. The second-order valence-electron chi connectivity index (χ2n) is 6.67.